The molecule has 148 valence electrons. The third-order valence-electron chi connectivity index (χ3n) is 5.60. The summed E-state index contributed by atoms with van der Waals surface area (Å²) in [4.78, 5) is 26.4. The molecule has 1 fully saturated rings. The van der Waals surface area contributed by atoms with Crippen molar-refractivity contribution in [1.29, 1.82) is 0 Å². The Bertz CT molecular complexity index is 825. The second-order valence-corrected chi connectivity index (χ2v) is 7.52. The molecule has 2 aliphatic heterocycles. The van der Waals surface area contributed by atoms with Crippen molar-refractivity contribution in [3.63, 3.8) is 0 Å². The number of likely N-dealkylation sites (tertiary alicyclic amines) is 1. The number of nitrogens with one attached hydrogen (secondary N) is 2. The monoisotopic (exact) mass is 381 g/mol. The summed E-state index contributed by atoms with van der Waals surface area (Å²) in [6.45, 7) is 3.56. The molecule has 28 heavy (non-hydrogen) atoms. The molecule has 0 atom stereocenters. The standard InChI is InChI=1S/C21H27N5O2/c27-20-19-15-18(24-26(19)12-4-10-22-20)17-8-13-25(14-9-17)21(28)23-11-7-16-5-2-1-3-6-16/h1-3,5-6,15,17H,4,7-14H2,(H,22,27)(H,23,28). The van der Waals surface area contributed by atoms with E-state index in [9.17, 15) is 9.59 Å². The van der Waals surface area contributed by atoms with Gasteiger partial charge in [0.05, 0.1) is 5.69 Å². The molecule has 2 N–H and O–H groups in total. The summed E-state index contributed by atoms with van der Waals surface area (Å²) in [5, 5.41) is 10.6. The molecule has 0 bridgehead atoms. The van der Waals surface area contributed by atoms with Crippen molar-refractivity contribution in [2.24, 2.45) is 0 Å². The van der Waals surface area contributed by atoms with Gasteiger partial charge in [-0.1, -0.05) is 30.3 Å². The summed E-state index contributed by atoms with van der Waals surface area (Å²) in [5.74, 6) is 0.270. The maximum atomic E-state index is 12.4. The van der Waals surface area contributed by atoms with Crippen LogP contribution in [-0.4, -0.2) is 52.8 Å². The lowest BCUT2D eigenvalue weighted by Crippen LogP contribution is -2.44. The minimum Gasteiger partial charge on any atom is -0.351 e. The topological polar surface area (TPSA) is 79.3 Å². The summed E-state index contributed by atoms with van der Waals surface area (Å²) in [6.07, 6.45) is 3.50. The lowest BCUT2D eigenvalue weighted by Gasteiger charge is -2.31. The van der Waals surface area contributed by atoms with Crippen molar-refractivity contribution < 1.29 is 9.59 Å². The lowest BCUT2D eigenvalue weighted by atomic mass is 9.93. The zero-order valence-electron chi connectivity index (χ0n) is 16.1. The first-order valence-corrected chi connectivity index (χ1v) is 10.1. The van der Waals surface area contributed by atoms with Gasteiger partial charge in [-0.3, -0.25) is 9.48 Å². The fourth-order valence-electron chi connectivity index (χ4n) is 3.96. The van der Waals surface area contributed by atoms with Gasteiger partial charge in [-0.15, -0.1) is 0 Å². The zero-order valence-corrected chi connectivity index (χ0v) is 16.1. The van der Waals surface area contributed by atoms with Gasteiger partial charge >= 0.3 is 6.03 Å². The molecule has 0 saturated carbocycles. The average molecular weight is 381 g/mol. The van der Waals surface area contributed by atoms with Gasteiger partial charge in [-0.25, -0.2) is 4.79 Å². The van der Waals surface area contributed by atoms with Crippen molar-refractivity contribution >= 4 is 11.9 Å². The van der Waals surface area contributed by atoms with Crippen LogP contribution in [0.1, 0.15) is 46.9 Å². The van der Waals surface area contributed by atoms with Gasteiger partial charge in [-0.05, 0) is 37.3 Å². The molecular formula is C21H27N5O2. The average Bonchev–Trinajstić information content (AvgIpc) is 3.08. The number of aromatic nitrogens is 2. The predicted octanol–water partition coefficient (Wildman–Crippen LogP) is 2.15. The van der Waals surface area contributed by atoms with E-state index in [0.717, 1.165) is 51.0 Å². The molecule has 2 aromatic rings. The molecule has 7 heteroatoms. The fourth-order valence-corrected chi connectivity index (χ4v) is 3.96. The van der Waals surface area contributed by atoms with Crippen molar-refractivity contribution in [2.75, 3.05) is 26.2 Å². The van der Waals surface area contributed by atoms with Crippen LogP contribution in [0, 0.1) is 0 Å². The Morgan fingerprint density at radius 3 is 2.75 bits per heavy atom. The number of rotatable bonds is 4. The maximum absolute atomic E-state index is 12.4. The summed E-state index contributed by atoms with van der Waals surface area (Å²) < 4.78 is 1.83. The molecule has 1 aromatic carbocycles. The summed E-state index contributed by atoms with van der Waals surface area (Å²) in [7, 11) is 0. The molecule has 0 radical (unpaired) electrons. The Hall–Kier alpha value is -2.83. The van der Waals surface area contributed by atoms with Crippen LogP contribution >= 0.6 is 0 Å². The SMILES string of the molecule is O=C1NCCCn2nc(C3CCN(C(=O)NCCc4ccccc4)CC3)cc21. The Morgan fingerprint density at radius 1 is 1.18 bits per heavy atom. The Balaban J connectivity index is 1.27. The van der Waals surface area contributed by atoms with Crippen LogP contribution < -0.4 is 10.6 Å². The minimum absolute atomic E-state index is 0.00869. The van der Waals surface area contributed by atoms with Crippen LogP contribution in [0.4, 0.5) is 4.79 Å². The highest BCUT2D eigenvalue weighted by molar-refractivity contribution is 5.92. The van der Waals surface area contributed by atoms with Crippen molar-refractivity contribution in [3.05, 3.63) is 53.3 Å². The van der Waals surface area contributed by atoms with Crippen LogP contribution in [0.3, 0.4) is 0 Å². The van der Waals surface area contributed by atoms with Gasteiger partial charge in [0.1, 0.15) is 5.69 Å². The molecule has 4 rings (SSSR count). The molecule has 3 heterocycles. The van der Waals surface area contributed by atoms with Crippen LogP contribution in [0.2, 0.25) is 0 Å². The normalized spacial score (nSPS) is 17.6. The second kappa shape index (κ2) is 8.46. The van der Waals surface area contributed by atoms with E-state index in [1.807, 2.05) is 33.8 Å². The highest BCUT2D eigenvalue weighted by Gasteiger charge is 2.27. The summed E-state index contributed by atoms with van der Waals surface area (Å²) >= 11 is 0. The van der Waals surface area contributed by atoms with E-state index in [-0.39, 0.29) is 11.9 Å². The molecular weight excluding hydrogens is 354 g/mol. The van der Waals surface area contributed by atoms with E-state index >= 15 is 0 Å². The number of nitrogens with zero attached hydrogens (tertiary/aromatic N) is 3. The molecule has 0 unspecified atom stereocenters. The lowest BCUT2D eigenvalue weighted by molar-refractivity contribution is 0.0950. The van der Waals surface area contributed by atoms with Gasteiger partial charge in [0.15, 0.2) is 0 Å². The van der Waals surface area contributed by atoms with Gasteiger partial charge in [0.25, 0.3) is 5.91 Å². The third-order valence-corrected chi connectivity index (χ3v) is 5.60. The number of amides is 3. The predicted molar refractivity (Wildman–Crippen MR) is 106 cm³/mol. The number of urea groups is 1. The molecule has 0 spiro atoms. The van der Waals surface area contributed by atoms with Crippen LogP contribution in [-0.2, 0) is 13.0 Å². The number of carbonyl (C=O) groups excluding carboxylic acids is 2. The van der Waals surface area contributed by atoms with Crippen LogP contribution in [0.5, 0.6) is 0 Å². The molecule has 7 nitrogen and oxygen atoms in total. The smallest absolute Gasteiger partial charge is 0.317 e. The highest BCUT2D eigenvalue weighted by Crippen LogP contribution is 2.28. The van der Waals surface area contributed by atoms with E-state index in [1.54, 1.807) is 0 Å². The van der Waals surface area contributed by atoms with E-state index < -0.39 is 0 Å². The van der Waals surface area contributed by atoms with Crippen LogP contribution in [0.15, 0.2) is 36.4 Å². The number of hydrogen-bond acceptors (Lipinski definition) is 3. The Labute approximate surface area is 165 Å². The molecule has 1 saturated heterocycles. The van der Waals surface area contributed by atoms with E-state index in [1.165, 1.54) is 5.56 Å². The number of benzene rings is 1. The first-order valence-electron chi connectivity index (χ1n) is 10.1. The van der Waals surface area contributed by atoms with E-state index in [4.69, 9.17) is 0 Å². The number of aryl methyl sites for hydroxylation is 1. The van der Waals surface area contributed by atoms with E-state index in [2.05, 4.69) is 27.9 Å². The minimum atomic E-state index is -0.0357. The van der Waals surface area contributed by atoms with Crippen molar-refractivity contribution in [1.82, 2.24) is 25.3 Å². The molecule has 3 amide bonds. The van der Waals surface area contributed by atoms with Crippen molar-refractivity contribution in [2.45, 2.75) is 38.1 Å². The van der Waals surface area contributed by atoms with Gasteiger partial charge in [0.2, 0.25) is 0 Å². The first-order chi connectivity index (χ1) is 13.7. The highest BCUT2D eigenvalue weighted by atomic mass is 16.2. The maximum Gasteiger partial charge on any atom is 0.317 e. The Morgan fingerprint density at radius 2 is 1.96 bits per heavy atom. The molecule has 0 aliphatic carbocycles. The number of piperidine rings is 1. The fraction of sp³-hybridized carbons (Fsp3) is 0.476. The third kappa shape index (κ3) is 4.18. The Kier molecular flexibility index (Phi) is 5.60. The molecule has 1 aromatic heterocycles. The molecule has 2 aliphatic rings. The second-order valence-electron chi connectivity index (χ2n) is 7.52. The summed E-state index contributed by atoms with van der Waals surface area (Å²) in [5.41, 5.74) is 2.87. The number of carbonyl (C=O) groups is 2. The number of hydrogen-bond donors (Lipinski definition) is 2. The first kappa shape index (κ1) is 18.5. The van der Waals surface area contributed by atoms with Crippen LogP contribution in [0.25, 0.3) is 0 Å². The van der Waals surface area contributed by atoms with E-state index in [0.29, 0.717) is 24.7 Å². The number of fused-ring (bicyclic) bond motifs is 1. The quantitative estimate of drug-likeness (QED) is 0.852. The van der Waals surface area contributed by atoms with Gasteiger partial charge in [0, 0.05) is 38.6 Å². The van der Waals surface area contributed by atoms with Crippen molar-refractivity contribution in [3.8, 4) is 0 Å². The van der Waals surface area contributed by atoms with Gasteiger partial charge in [-0.2, -0.15) is 5.10 Å². The van der Waals surface area contributed by atoms with Gasteiger partial charge < -0.3 is 15.5 Å². The largest absolute Gasteiger partial charge is 0.351 e. The zero-order chi connectivity index (χ0) is 19.3. The summed E-state index contributed by atoms with van der Waals surface area (Å²) in [6, 6.07) is 12.1.